The Kier molecular flexibility index (Phi) is 6.17. The van der Waals surface area contributed by atoms with Crippen molar-refractivity contribution in [3.8, 4) is 0 Å². The summed E-state index contributed by atoms with van der Waals surface area (Å²) in [5.41, 5.74) is 5.00. The lowest BCUT2D eigenvalue weighted by Gasteiger charge is -2.13. The van der Waals surface area contributed by atoms with Crippen LogP contribution < -0.4 is 10.6 Å². The van der Waals surface area contributed by atoms with Crippen molar-refractivity contribution < 1.29 is 0 Å². The fourth-order valence-corrected chi connectivity index (χ4v) is 2.19. The predicted octanol–water partition coefficient (Wildman–Crippen LogP) is 4.31. The summed E-state index contributed by atoms with van der Waals surface area (Å²) < 4.78 is 0. The highest BCUT2D eigenvalue weighted by atomic mass is 14.7. The van der Waals surface area contributed by atoms with Gasteiger partial charge in [-0.05, 0) is 41.5 Å². The second-order valence-electron chi connectivity index (χ2n) is 4.38. The first-order valence-electron chi connectivity index (χ1n) is 7.48. The van der Waals surface area contributed by atoms with Gasteiger partial charge >= 0.3 is 0 Å². The van der Waals surface area contributed by atoms with Crippen molar-refractivity contribution in [2.24, 2.45) is 4.99 Å². The minimum atomic E-state index is 0.971. The zero-order valence-corrected chi connectivity index (χ0v) is 13.3. The summed E-state index contributed by atoms with van der Waals surface area (Å²) in [6.07, 6.45) is 0.971. The van der Waals surface area contributed by atoms with E-state index in [2.05, 4.69) is 48.8 Å². The topological polar surface area (TPSA) is 12.4 Å². The molecular weight excluding hydrogens is 242 g/mol. The Morgan fingerprint density at radius 1 is 0.900 bits per heavy atom. The molecule has 2 aromatic rings. The van der Waals surface area contributed by atoms with E-state index in [0.717, 1.165) is 22.7 Å². The predicted molar refractivity (Wildman–Crippen MR) is 89.1 cm³/mol. The van der Waals surface area contributed by atoms with Crippen LogP contribution in [0.1, 0.15) is 44.4 Å². The SMILES string of the molecule is C=c1ccc2c(c1)Cc1cc(C)ccc1N=2.CC.CC. The standard InChI is InChI=1S/C15H13N.2C2H6/c1-10-3-5-14-12(7-10)9-13-8-11(2)4-6-15(13)16-14;2*1-2/h3-8H,1,9H2,2H3;2*1-2H3. The van der Waals surface area contributed by atoms with Gasteiger partial charge in [0.25, 0.3) is 0 Å². The molecule has 0 unspecified atom stereocenters. The summed E-state index contributed by atoms with van der Waals surface area (Å²) in [4.78, 5) is 4.66. The summed E-state index contributed by atoms with van der Waals surface area (Å²) in [5, 5.41) is 2.15. The number of hydrogen-bond acceptors (Lipinski definition) is 1. The first-order chi connectivity index (χ1) is 9.72. The van der Waals surface area contributed by atoms with Crippen LogP contribution in [0.15, 0.2) is 41.4 Å². The van der Waals surface area contributed by atoms with Crippen LogP contribution in [-0.2, 0) is 6.42 Å². The molecule has 0 bridgehead atoms. The normalized spacial score (nSPS) is 10.7. The quantitative estimate of drug-likeness (QED) is 0.575. The molecule has 0 atom stereocenters. The minimum absolute atomic E-state index is 0.971. The largest absolute Gasteiger partial charge is 0.248 e. The van der Waals surface area contributed by atoms with Crippen molar-refractivity contribution in [3.63, 3.8) is 0 Å². The van der Waals surface area contributed by atoms with E-state index < -0.39 is 0 Å². The van der Waals surface area contributed by atoms with Gasteiger partial charge in [0.1, 0.15) is 0 Å². The number of aryl methyl sites for hydroxylation is 1. The van der Waals surface area contributed by atoms with E-state index in [4.69, 9.17) is 0 Å². The van der Waals surface area contributed by atoms with Crippen molar-refractivity contribution in [1.29, 1.82) is 0 Å². The Labute approximate surface area is 122 Å². The summed E-state index contributed by atoms with van der Waals surface area (Å²) in [5.74, 6) is 0. The van der Waals surface area contributed by atoms with Crippen molar-refractivity contribution in [1.82, 2.24) is 0 Å². The molecule has 106 valence electrons. The van der Waals surface area contributed by atoms with Crippen molar-refractivity contribution >= 4 is 12.3 Å². The molecule has 1 heterocycles. The second-order valence-corrected chi connectivity index (χ2v) is 4.38. The molecule has 1 nitrogen and oxygen atoms in total. The molecular formula is C19H25N. The highest BCUT2D eigenvalue weighted by Gasteiger charge is 2.09. The van der Waals surface area contributed by atoms with Crippen molar-refractivity contribution in [3.05, 3.63) is 63.7 Å². The maximum atomic E-state index is 4.66. The van der Waals surface area contributed by atoms with E-state index >= 15 is 0 Å². The monoisotopic (exact) mass is 267 g/mol. The van der Waals surface area contributed by atoms with Crippen LogP contribution in [0.3, 0.4) is 0 Å². The molecule has 1 heteroatoms. The van der Waals surface area contributed by atoms with Gasteiger partial charge in [-0.3, -0.25) is 0 Å². The zero-order valence-electron chi connectivity index (χ0n) is 13.3. The van der Waals surface area contributed by atoms with Gasteiger partial charge in [-0.2, -0.15) is 0 Å². The second kappa shape index (κ2) is 7.64. The molecule has 0 saturated carbocycles. The molecule has 1 aliphatic rings. The van der Waals surface area contributed by atoms with Crippen LogP contribution in [-0.4, -0.2) is 0 Å². The fourth-order valence-electron chi connectivity index (χ4n) is 2.19. The van der Waals surface area contributed by atoms with Gasteiger partial charge < -0.3 is 0 Å². The Morgan fingerprint density at radius 2 is 1.60 bits per heavy atom. The summed E-state index contributed by atoms with van der Waals surface area (Å²) in [6, 6.07) is 12.6. The maximum Gasteiger partial charge on any atom is 0.0672 e. The molecule has 20 heavy (non-hydrogen) atoms. The number of benzene rings is 2. The highest BCUT2D eigenvalue weighted by Crippen LogP contribution is 2.24. The van der Waals surface area contributed by atoms with Crippen LogP contribution in [0.2, 0.25) is 0 Å². The lowest BCUT2D eigenvalue weighted by Crippen LogP contribution is -2.17. The van der Waals surface area contributed by atoms with Gasteiger partial charge in [0.05, 0.1) is 11.0 Å². The van der Waals surface area contributed by atoms with Gasteiger partial charge in [0, 0.05) is 6.42 Å². The molecule has 0 aromatic heterocycles. The van der Waals surface area contributed by atoms with Gasteiger partial charge in [0.2, 0.25) is 0 Å². The van der Waals surface area contributed by atoms with E-state index in [1.165, 1.54) is 16.7 Å². The van der Waals surface area contributed by atoms with E-state index in [1.54, 1.807) is 0 Å². The van der Waals surface area contributed by atoms with E-state index in [1.807, 2.05) is 33.8 Å². The first-order valence-corrected chi connectivity index (χ1v) is 7.48. The van der Waals surface area contributed by atoms with Gasteiger partial charge in [0.15, 0.2) is 0 Å². The van der Waals surface area contributed by atoms with Crippen LogP contribution >= 0.6 is 0 Å². The number of nitrogens with zero attached hydrogens (tertiary/aromatic N) is 1. The van der Waals surface area contributed by atoms with Gasteiger partial charge in [-0.15, -0.1) is 0 Å². The van der Waals surface area contributed by atoms with E-state index in [-0.39, 0.29) is 0 Å². The van der Waals surface area contributed by atoms with Crippen LogP contribution in [0.5, 0.6) is 0 Å². The van der Waals surface area contributed by atoms with E-state index in [0.29, 0.717) is 0 Å². The summed E-state index contributed by atoms with van der Waals surface area (Å²) >= 11 is 0. The third-order valence-corrected chi connectivity index (χ3v) is 3.00. The highest BCUT2D eigenvalue weighted by molar-refractivity contribution is 5.52. The molecule has 0 N–H and O–H groups in total. The molecule has 0 spiro atoms. The van der Waals surface area contributed by atoms with Crippen LogP contribution in [0.25, 0.3) is 6.58 Å². The first kappa shape index (κ1) is 16.2. The third kappa shape index (κ3) is 3.57. The average molecular weight is 267 g/mol. The molecule has 0 amide bonds. The zero-order chi connectivity index (χ0) is 15.1. The third-order valence-electron chi connectivity index (χ3n) is 3.00. The lowest BCUT2D eigenvalue weighted by molar-refractivity contribution is 1.07. The molecule has 0 fully saturated rings. The average Bonchev–Trinajstić information content (AvgIpc) is 2.49. The Bertz CT molecular complexity index is 669. The van der Waals surface area contributed by atoms with Gasteiger partial charge in [-0.25, -0.2) is 4.99 Å². The number of hydrogen-bond donors (Lipinski definition) is 0. The van der Waals surface area contributed by atoms with Crippen LogP contribution in [0.4, 0.5) is 5.69 Å². The maximum absolute atomic E-state index is 4.66. The van der Waals surface area contributed by atoms with E-state index in [9.17, 15) is 0 Å². The molecule has 0 aliphatic carbocycles. The van der Waals surface area contributed by atoms with Crippen LogP contribution in [0, 0.1) is 6.92 Å². The lowest BCUT2D eigenvalue weighted by atomic mass is 9.98. The smallest absolute Gasteiger partial charge is 0.0672 e. The van der Waals surface area contributed by atoms with Gasteiger partial charge in [-0.1, -0.05) is 58.0 Å². The Morgan fingerprint density at radius 3 is 2.30 bits per heavy atom. The molecule has 3 rings (SSSR count). The number of rotatable bonds is 0. The summed E-state index contributed by atoms with van der Waals surface area (Å²) in [6.45, 7) is 14.1. The minimum Gasteiger partial charge on any atom is -0.248 e. The molecule has 0 radical (unpaired) electrons. The molecule has 2 aromatic carbocycles. The molecule has 1 aliphatic heterocycles. The summed E-state index contributed by atoms with van der Waals surface area (Å²) in [7, 11) is 0. The molecule has 0 saturated heterocycles. The van der Waals surface area contributed by atoms with Crippen molar-refractivity contribution in [2.45, 2.75) is 41.0 Å². The fraction of sp³-hybridized carbons (Fsp3) is 0.316. The number of fused-ring (bicyclic) bond motifs is 2. The Hall–Kier alpha value is -1.89. The Balaban J connectivity index is 0.000000461. The van der Waals surface area contributed by atoms with Crippen molar-refractivity contribution in [2.75, 3.05) is 0 Å².